The summed E-state index contributed by atoms with van der Waals surface area (Å²) in [5.41, 5.74) is 3.47. The standard InChI is InChI=1S/C22H22N4O2/c1-16(27)25-11-13-26(14-12-25)22(28)18-6-4-5-17(15-18)9-10-21-19-7-2-3-8-20(19)23-24-21/h2-10,15H,11-14H2,1H3,(H,23,24)/b10-9+. The summed E-state index contributed by atoms with van der Waals surface area (Å²) in [6.07, 6.45) is 3.92. The van der Waals surface area contributed by atoms with Gasteiger partial charge in [-0.05, 0) is 29.8 Å². The Morgan fingerprint density at radius 3 is 2.50 bits per heavy atom. The van der Waals surface area contributed by atoms with Crippen LogP contribution in [0.5, 0.6) is 0 Å². The number of carbonyl (C=O) groups is 2. The molecule has 0 radical (unpaired) electrons. The van der Waals surface area contributed by atoms with Gasteiger partial charge >= 0.3 is 0 Å². The van der Waals surface area contributed by atoms with E-state index in [9.17, 15) is 9.59 Å². The molecule has 1 aliphatic heterocycles. The first kappa shape index (κ1) is 18.0. The van der Waals surface area contributed by atoms with Gasteiger partial charge in [0.1, 0.15) is 0 Å². The summed E-state index contributed by atoms with van der Waals surface area (Å²) in [7, 11) is 0. The minimum atomic E-state index is 0.00340. The molecule has 2 heterocycles. The molecule has 2 amide bonds. The Kier molecular flexibility index (Phi) is 4.93. The molecule has 0 bridgehead atoms. The zero-order valence-corrected chi connectivity index (χ0v) is 15.8. The maximum absolute atomic E-state index is 12.8. The van der Waals surface area contributed by atoms with E-state index in [-0.39, 0.29) is 11.8 Å². The Morgan fingerprint density at radius 2 is 1.71 bits per heavy atom. The number of benzene rings is 2. The van der Waals surface area contributed by atoms with Crippen LogP contribution in [0.4, 0.5) is 0 Å². The molecule has 6 heteroatoms. The Morgan fingerprint density at radius 1 is 0.964 bits per heavy atom. The average Bonchev–Trinajstić information content (AvgIpc) is 3.15. The molecule has 2 aromatic carbocycles. The number of para-hydroxylation sites is 1. The fourth-order valence-corrected chi connectivity index (χ4v) is 3.47. The van der Waals surface area contributed by atoms with Crippen LogP contribution in [-0.4, -0.2) is 58.0 Å². The summed E-state index contributed by atoms with van der Waals surface area (Å²) in [5.74, 6) is 0.0637. The fourth-order valence-electron chi connectivity index (χ4n) is 3.47. The number of hydrogen-bond donors (Lipinski definition) is 1. The molecule has 6 nitrogen and oxygen atoms in total. The lowest BCUT2D eigenvalue weighted by Gasteiger charge is -2.34. The number of rotatable bonds is 3. The molecule has 1 N–H and O–H groups in total. The van der Waals surface area contributed by atoms with Gasteiger partial charge in [-0.2, -0.15) is 5.10 Å². The van der Waals surface area contributed by atoms with Gasteiger partial charge in [0, 0.05) is 44.1 Å². The Labute approximate surface area is 163 Å². The second-order valence-electron chi connectivity index (χ2n) is 6.91. The van der Waals surface area contributed by atoms with Gasteiger partial charge in [0.05, 0.1) is 11.2 Å². The number of nitrogens with zero attached hydrogens (tertiary/aromatic N) is 3. The Hall–Kier alpha value is -3.41. The number of H-pyrrole nitrogens is 1. The van der Waals surface area contributed by atoms with Crippen molar-refractivity contribution in [2.45, 2.75) is 6.92 Å². The number of aromatic nitrogens is 2. The number of hydrogen-bond acceptors (Lipinski definition) is 3. The molecule has 1 aromatic heterocycles. The van der Waals surface area contributed by atoms with Gasteiger partial charge in [-0.3, -0.25) is 14.7 Å². The minimum Gasteiger partial charge on any atom is -0.339 e. The van der Waals surface area contributed by atoms with Gasteiger partial charge in [-0.25, -0.2) is 0 Å². The average molecular weight is 374 g/mol. The molecule has 0 atom stereocenters. The second-order valence-corrected chi connectivity index (χ2v) is 6.91. The highest BCUT2D eigenvalue weighted by atomic mass is 16.2. The van der Waals surface area contributed by atoms with Gasteiger partial charge in [0.15, 0.2) is 0 Å². The summed E-state index contributed by atoms with van der Waals surface area (Å²) in [5, 5.41) is 8.43. The molecule has 28 heavy (non-hydrogen) atoms. The van der Waals surface area contributed by atoms with Crippen molar-refractivity contribution in [3.05, 3.63) is 65.4 Å². The summed E-state index contributed by atoms with van der Waals surface area (Å²) in [6.45, 7) is 3.88. The smallest absolute Gasteiger partial charge is 0.253 e. The van der Waals surface area contributed by atoms with E-state index in [4.69, 9.17) is 0 Å². The number of carbonyl (C=O) groups excluding carboxylic acids is 2. The van der Waals surface area contributed by atoms with E-state index in [2.05, 4.69) is 10.2 Å². The maximum Gasteiger partial charge on any atom is 0.253 e. The summed E-state index contributed by atoms with van der Waals surface area (Å²) in [6, 6.07) is 15.6. The Bertz CT molecular complexity index is 1050. The van der Waals surface area contributed by atoms with Crippen molar-refractivity contribution in [1.29, 1.82) is 0 Å². The monoisotopic (exact) mass is 374 g/mol. The largest absolute Gasteiger partial charge is 0.339 e. The molecule has 0 spiro atoms. The van der Waals surface area contributed by atoms with Crippen LogP contribution in [0, 0.1) is 0 Å². The molecule has 0 aliphatic carbocycles. The molecule has 1 aliphatic rings. The quantitative estimate of drug-likeness (QED) is 0.766. The minimum absolute atomic E-state index is 0.00340. The normalized spacial score (nSPS) is 14.8. The van der Waals surface area contributed by atoms with Gasteiger partial charge < -0.3 is 9.80 Å². The van der Waals surface area contributed by atoms with Crippen molar-refractivity contribution in [3.8, 4) is 0 Å². The van der Waals surface area contributed by atoms with Crippen molar-refractivity contribution in [1.82, 2.24) is 20.0 Å². The zero-order valence-electron chi connectivity index (χ0n) is 15.8. The number of amides is 2. The molecule has 3 aromatic rings. The number of piperazine rings is 1. The van der Waals surface area contributed by atoms with Crippen molar-refractivity contribution < 1.29 is 9.59 Å². The molecule has 0 unspecified atom stereocenters. The molecule has 1 fully saturated rings. The Balaban J connectivity index is 1.48. The third-order valence-corrected chi connectivity index (χ3v) is 5.08. The van der Waals surface area contributed by atoms with Crippen molar-refractivity contribution >= 4 is 34.9 Å². The number of nitrogens with one attached hydrogen (secondary N) is 1. The van der Waals surface area contributed by atoms with Crippen molar-refractivity contribution in [2.24, 2.45) is 0 Å². The predicted molar refractivity (Wildman–Crippen MR) is 110 cm³/mol. The van der Waals surface area contributed by atoms with Crippen molar-refractivity contribution in [3.63, 3.8) is 0 Å². The van der Waals surface area contributed by atoms with Gasteiger partial charge in [0.25, 0.3) is 5.91 Å². The van der Waals surface area contributed by atoms with E-state index >= 15 is 0 Å². The van der Waals surface area contributed by atoms with Crippen LogP contribution in [0.1, 0.15) is 28.5 Å². The first-order valence-corrected chi connectivity index (χ1v) is 9.38. The van der Waals surface area contributed by atoms with E-state index in [1.165, 1.54) is 0 Å². The van der Waals surface area contributed by atoms with Crippen LogP contribution in [0.25, 0.3) is 23.1 Å². The van der Waals surface area contributed by atoms with Crippen LogP contribution in [-0.2, 0) is 4.79 Å². The predicted octanol–water partition coefficient (Wildman–Crippen LogP) is 3.04. The summed E-state index contributed by atoms with van der Waals surface area (Å²) >= 11 is 0. The SMILES string of the molecule is CC(=O)N1CCN(C(=O)c2cccc(/C=C/c3n[nH]c4ccccc34)c2)CC1. The molecule has 0 saturated carbocycles. The highest BCUT2D eigenvalue weighted by Crippen LogP contribution is 2.18. The third-order valence-electron chi connectivity index (χ3n) is 5.08. The van der Waals surface area contributed by atoms with Crippen LogP contribution in [0.2, 0.25) is 0 Å². The van der Waals surface area contributed by atoms with Crippen LogP contribution >= 0.6 is 0 Å². The van der Waals surface area contributed by atoms with E-state index in [1.54, 1.807) is 11.8 Å². The lowest BCUT2D eigenvalue weighted by atomic mass is 10.1. The number of fused-ring (bicyclic) bond motifs is 1. The van der Waals surface area contributed by atoms with Gasteiger partial charge in [-0.15, -0.1) is 0 Å². The fraction of sp³-hybridized carbons (Fsp3) is 0.227. The van der Waals surface area contributed by atoms with E-state index < -0.39 is 0 Å². The lowest BCUT2D eigenvalue weighted by Crippen LogP contribution is -2.50. The van der Waals surface area contributed by atoms with Gasteiger partial charge in [0.2, 0.25) is 5.91 Å². The first-order chi connectivity index (χ1) is 13.6. The topological polar surface area (TPSA) is 69.3 Å². The van der Waals surface area contributed by atoms with Crippen LogP contribution in [0.3, 0.4) is 0 Å². The third kappa shape index (κ3) is 3.67. The highest BCUT2D eigenvalue weighted by Gasteiger charge is 2.23. The number of aromatic amines is 1. The van der Waals surface area contributed by atoms with E-state index in [1.807, 2.05) is 65.6 Å². The molecular formula is C22H22N4O2. The summed E-state index contributed by atoms with van der Waals surface area (Å²) < 4.78 is 0. The second kappa shape index (κ2) is 7.68. The summed E-state index contributed by atoms with van der Waals surface area (Å²) in [4.78, 5) is 27.8. The zero-order chi connectivity index (χ0) is 19.5. The van der Waals surface area contributed by atoms with Crippen molar-refractivity contribution in [2.75, 3.05) is 26.2 Å². The van der Waals surface area contributed by atoms with Crippen LogP contribution in [0.15, 0.2) is 48.5 Å². The van der Waals surface area contributed by atoms with E-state index in [0.29, 0.717) is 31.7 Å². The molecule has 4 rings (SSSR count). The lowest BCUT2D eigenvalue weighted by molar-refractivity contribution is -0.130. The van der Waals surface area contributed by atoms with Crippen LogP contribution < -0.4 is 0 Å². The maximum atomic E-state index is 12.8. The molecular weight excluding hydrogens is 352 g/mol. The molecule has 1 saturated heterocycles. The highest BCUT2D eigenvalue weighted by molar-refractivity contribution is 5.95. The van der Waals surface area contributed by atoms with Gasteiger partial charge in [-0.1, -0.05) is 36.4 Å². The first-order valence-electron chi connectivity index (χ1n) is 9.38. The molecule has 142 valence electrons. The van der Waals surface area contributed by atoms with E-state index in [0.717, 1.165) is 22.2 Å².